The van der Waals surface area contributed by atoms with Gasteiger partial charge in [0.05, 0.1) is 22.4 Å². The Hall–Kier alpha value is -3.65. The molecule has 0 radical (unpaired) electrons. The minimum absolute atomic E-state index is 0.00777. The molecular formula is C31H41ClN8O4S. The monoisotopic (exact) mass is 656 g/mol. The molecule has 2 saturated heterocycles. The van der Waals surface area contributed by atoms with E-state index in [4.69, 9.17) is 22.1 Å². The number of rotatable bonds is 9. The number of benzene rings is 2. The fraction of sp³-hybridized carbons (Fsp3) is 0.452. The number of likely N-dealkylation sites (N-methyl/N-ethyl adjacent to an activating group) is 1. The van der Waals surface area contributed by atoms with Crippen LogP contribution in [0.15, 0.2) is 47.4 Å². The van der Waals surface area contributed by atoms with Gasteiger partial charge in [-0.1, -0.05) is 23.7 Å². The molecule has 45 heavy (non-hydrogen) atoms. The molecule has 0 atom stereocenters. The van der Waals surface area contributed by atoms with E-state index in [-0.39, 0.29) is 39.5 Å². The molecule has 4 N–H and O–H groups in total. The number of amides is 1. The van der Waals surface area contributed by atoms with Crippen molar-refractivity contribution in [1.29, 1.82) is 0 Å². The van der Waals surface area contributed by atoms with Crippen molar-refractivity contribution in [2.45, 2.75) is 43.7 Å². The summed E-state index contributed by atoms with van der Waals surface area (Å²) in [5, 5.41) is 6.15. The third-order valence-electron chi connectivity index (χ3n) is 8.06. The highest BCUT2D eigenvalue weighted by molar-refractivity contribution is 7.90. The van der Waals surface area contributed by atoms with E-state index in [2.05, 4.69) is 37.4 Å². The summed E-state index contributed by atoms with van der Waals surface area (Å²) in [7, 11) is -1.37. The molecule has 1 amide bonds. The molecule has 242 valence electrons. The molecule has 0 bridgehead atoms. The molecule has 2 fully saturated rings. The normalized spacial score (nSPS) is 17.0. The van der Waals surface area contributed by atoms with Gasteiger partial charge in [-0.3, -0.25) is 9.69 Å². The summed E-state index contributed by atoms with van der Waals surface area (Å²) in [6, 6.07) is 12.2. The number of aromatic nitrogens is 2. The third-order valence-corrected chi connectivity index (χ3v) is 9.59. The Morgan fingerprint density at radius 1 is 1.00 bits per heavy atom. The molecule has 0 spiro atoms. The number of anilines is 5. The highest BCUT2D eigenvalue weighted by atomic mass is 35.5. The number of nitrogens with two attached hydrogens (primary N) is 1. The third kappa shape index (κ3) is 7.96. The number of halogens is 1. The number of hydrogen-bond donors (Lipinski definition) is 3. The van der Waals surface area contributed by atoms with Crippen molar-refractivity contribution in [2.75, 3.05) is 68.9 Å². The van der Waals surface area contributed by atoms with Crippen molar-refractivity contribution < 1.29 is 17.9 Å². The average molecular weight is 657 g/mol. The lowest BCUT2D eigenvalue weighted by molar-refractivity contribution is 0.0518. The van der Waals surface area contributed by atoms with Gasteiger partial charge in [0.25, 0.3) is 5.91 Å². The van der Waals surface area contributed by atoms with Crippen LogP contribution in [0.25, 0.3) is 0 Å². The number of nitrogens with one attached hydrogen (secondary N) is 2. The molecule has 0 saturated carbocycles. The van der Waals surface area contributed by atoms with E-state index in [0.29, 0.717) is 41.8 Å². The van der Waals surface area contributed by atoms with Crippen LogP contribution in [-0.4, -0.2) is 104 Å². The van der Waals surface area contributed by atoms with E-state index in [9.17, 15) is 13.2 Å². The predicted molar refractivity (Wildman–Crippen MR) is 178 cm³/mol. The molecule has 3 heterocycles. The average Bonchev–Trinajstić information content (AvgIpc) is 3.00. The number of ether oxygens (including phenoxy) is 1. The standard InChI is InChI=1S/C31H41ClN8O4S/c1-20(2)44-25-19-21(30(41)40-13-11-22(12-14-40)39-17-15-38(3)16-18-39)9-10-23(25)35-31-36-28(33)27(32)29(37-31)34-24-7-5-6-8-26(24)45(4,42)43/h5-10,19-20,22H,11-18H2,1-4H3,(H4,33,34,35,36,37). The van der Waals surface area contributed by atoms with Gasteiger partial charge in [-0.05, 0) is 64.1 Å². The molecular weight excluding hydrogens is 616 g/mol. The first kappa shape index (κ1) is 32.7. The SMILES string of the molecule is CC(C)Oc1cc(C(=O)N2CCC(N3CCN(C)CC3)CC2)ccc1Nc1nc(N)c(Cl)c(Nc2ccccc2S(C)(=O)=O)n1. The predicted octanol–water partition coefficient (Wildman–Crippen LogP) is 4.24. The number of piperazine rings is 1. The fourth-order valence-corrected chi connectivity index (χ4v) is 6.63. The second kappa shape index (κ2) is 13.8. The molecule has 1 aromatic heterocycles. The highest BCUT2D eigenvalue weighted by Gasteiger charge is 2.29. The molecule has 3 aromatic rings. The van der Waals surface area contributed by atoms with Crippen LogP contribution in [0.2, 0.25) is 5.02 Å². The number of carbonyl (C=O) groups is 1. The van der Waals surface area contributed by atoms with Crippen LogP contribution in [0.5, 0.6) is 5.75 Å². The fourth-order valence-electron chi connectivity index (χ4n) is 5.66. The lowest BCUT2D eigenvalue weighted by Crippen LogP contribution is -2.52. The Labute approximate surface area is 269 Å². The van der Waals surface area contributed by atoms with Crippen molar-refractivity contribution in [3.05, 3.63) is 53.1 Å². The Bertz CT molecular complexity index is 1640. The maximum absolute atomic E-state index is 13.6. The number of likely N-dealkylation sites (tertiary alicyclic amines) is 1. The summed E-state index contributed by atoms with van der Waals surface area (Å²) in [4.78, 5) is 29.2. The maximum Gasteiger partial charge on any atom is 0.253 e. The van der Waals surface area contributed by atoms with Crippen LogP contribution >= 0.6 is 11.6 Å². The Morgan fingerprint density at radius 2 is 1.69 bits per heavy atom. The molecule has 0 unspecified atom stereocenters. The van der Waals surface area contributed by atoms with Gasteiger partial charge in [0, 0.05) is 57.1 Å². The molecule has 0 aliphatic carbocycles. The molecule has 2 aromatic carbocycles. The van der Waals surface area contributed by atoms with Gasteiger partial charge >= 0.3 is 0 Å². The van der Waals surface area contributed by atoms with Gasteiger partial charge in [0.15, 0.2) is 15.7 Å². The van der Waals surface area contributed by atoms with Gasteiger partial charge in [-0.2, -0.15) is 9.97 Å². The first-order valence-electron chi connectivity index (χ1n) is 15.1. The Morgan fingerprint density at radius 3 is 2.36 bits per heavy atom. The van der Waals surface area contributed by atoms with Crippen LogP contribution in [0.4, 0.5) is 29.0 Å². The Kier molecular flexibility index (Phi) is 10.0. The van der Waals surface area contributed by atoms with Crippen molar-refractivity contribution in [2.24, 2.45) is 0 Å². The minimum atomic E-state index is -3.53. The highest BCUT2D eigenvalue weighted by Crippen LogP contribution is 2.34. The quantitative estimate of drug-likeness (QED) is 0.304. The van der Waals surface area contributed by atoms with Crippen LogP contribution in [0.1, 0.15) is 37.0 Å². The van der Waals surface area contributed by atoms with E-state index in [0.717, 1.165) is 45.3 Å². The van der Waals surface area contributed by atoms with Crippen LogP contribution < -0.4 is 21.1 Å². The van der Waals surface area contributed by atoms with E-state index >= 15 is 0 Å². The van der Waals surface area contributed by atoms with Gasteiger partial charge in [0.2, 0.25) is 5.95 Å². The van der Waals surface area contributed by atoms with Crippen LogP contribution in [0, 0.1) is 0 Å². The molecule has 2 aliphatic heterocycles. The van der Waals surface area contributed by atoms with Gasteiger partial charge in [-0.25, -0.2) is 8.42 Å². The lowest BCUT2D eigenvalue weighted by atomic mass is 10.0. The second-order valence-electron chi connectivity index (χ2n) is 11.9. The van der Waals surface area contributed by atoms with Gasteiger partial charge < -0.3 is 30.9 Å². The number of nitrogen functional groups attached to an aromatic ring is 1. The van der Waals surface area contributed by atoms with Gasteiger partial charge in [-0.15, -0.1) is 0 Å². The first-order valence-corrected chi connectivity index (χ1v) is 17.3. The molecule has 14 heteroatoms. The first-order chi connectivity index (χ1) is 21.4. The summed E-state index contributed by atoms with van der Waals surface area (Å²) in [6.07, 6.45) is 2.88. The van der Waals surface area contributed by atoms with E-state index in [1.54, 1.807) is 36.4 Å². The molecule has 12 nitrogen and oxygen atoms in total. The van der Waals surface area contributed by atoms with Crippen molar-refractivity contribution in [3.8, 4) is 5.75 Å². The number of piperidine rings is 1. The topological polar surface area (TPSA) is 146 Å². The molecule has 5 rings (SSSR count). The molecule has 2 aliphatic rings. The van der Waals surface area contributed by atoms with Gasteiger partial charge in [0.1, 0.15) is 16.6 Å². The Balaban J connectivity index is 1.33. The second-order valence-corrected chi connectivity index (χ2v) is 14.2. The summed E-state index contributed by atoms with van der Waals surface area (Å²) >= 11 is 6.41. The van der Waals surface area contributed by atoms with Crippen molar-refractivity contribution in [3.63, 3.8) is 0 Å². The minimum Gasteiger partial charge on any atom is -0.489 e. The lowest BCUT2D eigenvalue weighted by Gasteiger charge is -2.42. The smallest absolute Gasteiger partial charge is 0.253 e. The zero-order valence-electron chi connectivity index (χ0n) is 26.1. The van der Waals surface area contributed by atoms with E-state index in [1.807, 2.05) is 18.7 Å². The number of sulfone groups is 1. The largest absolute Gasteiger partial charge is 0.489 e. The summed E-state index contributed by atoms with van der Waals surface area (Å²) < 4.78 is 30.7. The van der Waals surface area contributed by atoms with Crippen LogP contribution in [0.3, 0.4) is 0 Å². The number of hydrogen-bond acceptors (Lipinski definition) is 11. The summed E-state index contributed by atoms with van der Waals surface area (Å²) in [5.74, 6) is 0.648. The maximum atomic E-state index is 13.6. The zero-order chi connectivity index (χ0) is 32.3. The zero-order valence-corrected chi connectivity index (χ0v) is 27.7. The van der Waals surface area contributed by atoms with Crippen molar-refractivity contribution >= 4 is 56.3 Å². The van der Waals surface area contributed by atoms with Crippen molar-refractivity contribution in [1.82, 2.24) is 24.7 Å². The van der Waals surface area contributed by atoms with E-state index < -0.39 is 9.84 Å². The summed E-state index contributed by atoms with van der Waals surface area (Å²) in [6.45, 7) is 9.56. The van der Waals surface area contributed by atoms with Crippen LogP contribution in [-0.2, 0) is 9.84 Å². The number of carbonyl (C=O) groups excluding carboxylic acids is 1. The van der Waals surface area contributed by atoms with E-state index in [1.165, 1.54) is 6.07 Å². The number of nitrogens with zero attached hydrogens (tertiary/aromatic N) is 5. The number of para-hydroxylation sites is 1. The summed E-state index contributed by atoms with van der Waals surface area (Å²) in [5.41, 5.74) is 7.47.